The van der Waals surface area contributed by atoms with Crippen molar-refractivity contribution in [2.24, 2.45) is 0 Å². The van der Waals surface area contributed by atoms with E-state index in [1.54, 1.807) is 13.0 Å². The fourth-order valence-corrected chi connectivity index (χ4v) is 2.78. The van der Waals surface area contributed by atoms with Crippen molar-refractivity contribution in [1.29, 1.82) is 0 Å². The smallest absolute Gasteiger partial charge is 0.492 e. The lowest BCUT2D eigenvalue weighted by Gasteiger charge is -2.13. The standard InChI is InChI=1S/C15H15BN2O6/c1-8-4-10(23-13-5-9(17)2-3-18(13)22)6-11-15(8)12(7-14(19)20)24-16(11)21/h2-6,12,21H,7,17H2,1H3,(H,19,20). The Hall–Kier alpha value is -2.78. The number of nitrogen functional groups attached to an aromatic ring is 1. The number of hydrogen-bond donors (Lipinski definition) is 3. The lowest BCUT2D eigenvalue weighted by atomic mass is 9.77. The number of carboxylic acid groups (broad SMARTS) is 1. The number of pyridine rings is 1. The van der Waals surface area contributed by atoms with Gasteiger partial charge in [0.25, 0.3) is 0 Å². The van der Waals surface area contributed by atoms with Crippen LogP contribution >= 0.6 is 0 Å². The molecule has 4 N–H and O–H groups in total. The number of aliphatic carboxylic acids is 1. The number of hydrogen-bond acceptors (Lipinski definition) is 6. The number of nitrogens with two attached hydrogens (primary N) is 1. The number of carboxylic acids is 1. The van der Waals surface area contributed by atoms with Crippen molar-refractivity contribution in [2.75, 3.05) is 5.73 Å². The van der Waals surface area contributed by atoms with Crippen LogP contribution in [0.3, 0.4) is 0 Å². The molecule has 0 fully saturated rings. The number of aryl methyl sites for hydroxylation is 1. The highest BCUT2D eigenvalue weighted by Gasteiger charge is 2.38. The van der Waals surface area contributed by atoms with E-state index in [4.69, 9.17) is 20.2 Å². The number of nitrogens with zero attached hydrogens (tertiary/aromatic N) is 1. The largest absolute Gasteiger partial charge is 0.616 e. The number of ether oxygens (including phenoxy) is 1. The molecule has 8 nitrogen and oxygen atoms in total. The maximum Gasteiger partial charge on any atom is 0.492 e. The monoisotopic (exact) mass is 330 g/mol. The summed E-state index contributed by atoms with van der Waals surface area (Å²) in [6, 6.07) is 6.01. The molecule has 0 bridgehead atoms. The molecule has 1 aliphatic heterocycles. The number of benzene rings is 1. The first-order valence-corrected chi connectivity index (χ1v) is 7.21. The summed E-state index contributed by atoms with van der Waals surface area (Å²) in [4.78, 5) is 10.9. The van der Waals surface area contributed by atoms with Gasteiger partial charge in [-0.2, -0.15) is 0 Å². The van der Waals surface area contributed by atoms with E-state index >= 15 is 0 Å². The summed E-state index contributed by atoms with van der Waals surface area (Å²) in [7, 11) is -1.24. The molecule has 0 aliphatic carbocycles. The number of carbonyl (C=O) groups is 1. The molecule has 0 radical (unpaired) electrons. The Labute approximate surface area is 137 Å². The van der Waals surface area contributed by atoms with Gasteiger partial charge in [-0.25, -0.2) is 0 Å². The van der Waals surface area contributed by atoms with Crippen molar-refractivity contribution in [3.63, 3.8) is 0 Å². The van der Waals surface area contributed by atoms with Crippen LogP contribution in [0.2, 0.25) is 0 Å². The van der Waals surface area contributed by atoms with Gasteiger partial charge in [0.15, 0.2) is 6.20 Å². The maximum absolute atomic E-state index is 11.7. The summed E-state index contributed by atoms with van der Waals surface area (Å²) in [5, 5.41) is 30.7. The Morgan fingerprint density at radius 2 is 2.25 bits per heavy atom. The van der Waals surface area contributed by atoms with Gasteiger partial charge >= 0.3 is 19.0 Å². The lowest BCUT2D eigenvalue weighted by Crippen LogP contribution is -2.29. The van der Waals surface area contributed by atoms with Crippen LogP contribution < -0.4 is 20.7 Å². The van der Waals surface area contributed by atoms with Crippen molar-refractivity contribution < 1.29 is 29.0 Å². The van der Waals surface area contributed by atoms with E-state index in [1.807, 2.05) is 0 Å². The van der Waals surface area contributed by atoms with Gasteiger partial charge in [0.05, 0.1) is 18.6 Å². The van der Waals surface area contributed by atoms with Crippen LogP contribution in [0, 0.1) is 12.1 Å². The van der Waals surface area contributed by atoms with Crippen molar-refractivity contribution in [3.05, 3.63) is 46.8 Å². The third-order valence-corrected chi connectivity index (χ3v) is 3.77. The molecule has 24 heavy (non-hydrogen) atoms. The highest BCUT2D eigenvalue weighted by molar-refractivity contribution is 6.62. The van der Waals surface area contributed by atoms with Crippen LogP contribution in [0.5, 0.6) is 11.6 Å². The van der Waals surface area contributed by atoms with Gasteiger partial charge in [0.1, 0.15) is 5.75 Å². The molecule has 0 saturated heterocycles. The Morgan fingerprint density at radius 1 is 1.50 bits per heavy atom. The average molecular weight is 330 g/mol. The molecular formula is C15H15BN2O6. The summed E-state index contributed by atoms with van der Waals surface area (Å²) in [6.07, 6.45) is 0.255. The van der Waals surface area contributed by atoms with Gasteiger partial charge in [-0.05, 0) is 35.6 Å². The van der Waals surface area contributed by atoms with Gasteiger partial charge in [-0.1, -0.05) is 0 Å². The van der Waals surface area contributed by atoms with E-state index in [2.05, 4.69) is 0 Å². The highest BCUT2D eigenvalue weighted by atomic mass is 16.6. The SMILES string of the molecule is Cc1cc(Oc2cc(N)cc[n+]2[O-])cc2c1C(CC(=O)O)OB2O. The van der Waals surface area contributed by atoms with E-state index in [0.29, 0.717) is 32.8 Å². The minimum absolute atomic E-state index is 0.00941. The number of rotatable bonds is 4. The highest BCUT2D eigenvalue weighted by Crippen LogP contribution is 2.32. The normalized spacial score (nSPS) is 16.1. The van der Waals surface area contributed by atoms with Crippen LogP contribution in [0.1, 0.15) is 23.7 Å². The second kappa shape index (κ2) is 6.02. The third-order valence-electron chi connectivity index (χ3n) is 3.77. The molecular weight excluding hydrogens is 315 g/mol. The average Bonchev–Trinajstić information content (AvgIpc) is 2.79. The minimum Gasteiger partial charge on any atom is -0.616 e. The lowest BCUT2D eigenvalue weighted by molar-refractivity contribution is -0.611. The van der Waals surface area contributed by atoms with Crippen LogP contribution in [0.25, 0.3) is 0 Å². The quantitative estimate of drug-likeness (QED) is 0.416. The van der Waals surface area contributed by atoms with Crippen molar-refractivity contribution in [2.45, 2.75) is 19.4 Å². The van der Waals surface area contributed by atoms with E-state index in [0.717, 1.165) is 0 Å². The van der Waals surface area contributed by atoms with Crippen LogP contribution in [-0.4, -0.2) is 23.2 Å². The second-order valence-electron chi connectivity index (χ2n) is 5.54. The van der Waals surface area contributed by atoms with E-state index in [-0.39, 0.29) is 12.3 Å². The van der Waals surface area contributed by atoms with Crippen molar-refractivity contribution in [1.82, 2.24) is 0 Å². The molecule has 1 atom stereocenters. The van der Waals surface area contributed by atoms with E-state index in [9.17, 15) is 15.0 Å². The summed E-state index contributed by atoms with van der Waals surface area (Å²) in [5.41, 5.74) is 7.77. The first kappa shape index (κ1) is 16.1. The van der Waals surface area contributed by atoms with E-state index < -0.39 is 19.2 Å². The molecule has 9 heteroatoms. The van der Waals surface area contributed by atoms with Crippen LogP contribution in [0.15, 0.2) is 30.5 Å². The zero-order valence-corrected chi connectivity index (χ0v) is 12.8. The van der Waals surface area contributed by atoms with Gasteiger partial charge < -0.3 is 30.5 Å². The molecule has 0 spiro atoms. The van der Waals surface area contributed by atoms with Gasteiger partial charge in [0.2, 0.25) is 0 Å². The molecule has 2 aromatic rings. The molecule has 124 valence electrons. The molecule has 0 saturated carbocycles. The Bertz CT molecular complexity index is 813. The Kier molecular flexibility index (Phi) is 4.04. The van der Waals surface area contributed by atoms with Crippen molar-refractivity contribution >= 4 is 24.2 Å². The number of anilines is 1. The van der Waals surface area contributed by atoms with E-state index in [1.165, 1.54) is 24.4 Å². The Morgan fingerprint density at radius 3 is 2.96 bits per heavy atom. The third kappa shape index (κ3) is 2.99. The number of fused-ring (bicyclic) bond motifs is 1. The molecule has 1 aromatic heterocycles. The van der Waals surface area contributed by atoms with Crippen LogP contribution in [0.4, 0.5) is 5.69 Å². The zero-order valence-electron chi connectivity index (χ0n) is 12.8. The van der Waals surface area contributed by atoms with Gasteiger partial charge in [-0.15, -0.1) is 4.73 Å². The Balaban J connectivity index is 1.96. The number of aromatic nitrogens is 1. The summed E-state index contributed by atoms with van der Waals surface area (Å²) >= 11 is 0. The molecule has 1 aliphatic rings. The fraction of sp³-hybridized carbons (Fsp3) is 0.200. The molecule has 0 amide bonds. The molecule has 1 unspecified atom stereocenters. The van der Waals surface area contributed by atoms with Crippen molar-refractivity contribution in [3.8, 4) is 11.6 Å². The molecule has 3 rings (SSSR count). The summed E-state index contributed by atoms with van der Waals surface area (Å²) in [5.74, 6) is -0.711. The topological polar surface area (TPSA) is 129 Å². The minimum atomic E-state index is -1.24. The zero-order chi connectivity index (χ0) is 17.4. The predicted octanol–water partition coefficient (Wildman–Crippen LogP) is 0.236. The second-order valence-corrected chi connectivity index (χ2v) is 5.54. The molecule has 1 aromatic carbocycles. The summed E-state index contributed by atoms with van der Waals surface area (Å²) < 4.78 is 11.4. The van der Waals surface area contributed by atoms with Gasteiger partial charge in [-0.3, -0.25) is 4.79 Å². The predicted molar refractivity (Wildman–Crippen MR) is 84.8 cm³/mol. The van der Waals surface area contributed by atoms with Gasteiger partial charge in [0, 0.05) is 11.8 Å². The van der Waals surface area contributed by atoms with Crippen LogP contribution in [-0.2, 0) is 9.45 Å². The maximum atomic E-state index is 11.7. The molecule has 2 heterocycles. The first-order valence-electron chi connectivity index (χ1n) is 7.21. The fourth-order valence-electron chi connectivity index (χ4n) is 2.78. The summed E-state index contributed by atoms with van der Waals surface area (Å²) in [6.45, 7) is 1.76. The first-order chi connectivity index (χ1) is 11.3.